The van der Waals surface area contributed by atoms with Crippen LogP contribution in [0.25, 0.3) is 0 Å². The van der Waals surface area contributed by atoms with E-state index in [1.165, 1.54) is 6.20 Å². The molecule has 0 fully saturated rings. The maximum absolute atomic E-state index is 13.4. The first-order chi connectivity index (χ1) is 10.5. The zero-order valence-electron chi connectivity index (χ0n) is 11.0. The van der Waals surface area contributed by atoms with E-state index in [1.807, 2.05) is 6.07 Å². The summed E-state index contributed by atoms with van der Waals surface area (Å²) >= 11 is 0.970. The van der Waals surface area contributed by atoms with Gasteiger partial charge in [-0.2, -0.15) is 5.26 Å². The fourth-order valence-electron chi connectivity index (χ4n) is 1.44. The van der Waals surface area contributed by atoms with Crippen molar-refractivity contribution in [2.75, 3.05) is 16.8 Å². The summed E-state index contributed by atoms with van der Waals surface area (Å²) in [6.45, 7) is 0. The maximum atomic E-state index is 13.4. The summed E-state index contributed by atoms with van der Waals surface area (Å²) in [6.07, 6.45) is 1.25. The fourth-order valence-corrected chi connectivity index (χ4v) is 2.06. The number of anilines is 2. The molecule has 0 aliphatic rings. The van der Waals surface area contributed by atoms with Gasteiger partial charge >= 0.3 is 0 Å². The summed E-state index contributed by atoms with van der Waals surface area (Å²) < 4.78 is 26.1. The first-order valence-electron chi connectivity index (χ1n) is 5.90. The van der Waals surface area contributed by atoms with Gasteiger partial charge in [0.1, 0.15) is 29.1 Å². The van der Waals surface area contributed by atoms with Gasteiger partial charge < -0.3 is 11.1 Å². The van der Waals surface area contributed by atoms with E-state index < -0.39 is 17.5 Å². The van der Waals surface area contributed by atoms with Crippen LogP contribution in [0.4, 0.5) is 20.3 Å². The zero-order chi connectivity index (χ0) is 16.1. The number of nitrogens with two attached hydrogens (primary N) is 1. The fraction of sp³-hybridized carbons (Fsp3) is 0.0769. The number of benzene rings is 1. The first-order valence-corrected chi connectivity index (χ1v) is 6.88. The Kier molecular flexibility index (Phi) is 4.85. The highest BCUT2D eigenvalue weighted by Gasteiger charge is 2.10. The van der Waals surface area contributed by atoms with Crippen LogP contribution >= 0.6 is 11.8 Å². The van der Waals surface area contributed by atoms with Gasteiger partial charge in [0.05, 0.1) is 17.6 Å². The van der Waals surface area contributed by atoms with E-state index in [-0.39, 0.29) is 28.0 Å². The summed E-state index contributed by atoms with van der Waals surface area (Å²) in [5.41, 5.74) is 5.55. The smallest absolute Gasteiger partial charge is 0.234 e. The molecule has 0 aliphatic heterocycles. The molecular formula is C13H9F2N5OS. The van der Waals surface area contributed by atoms with Crippen LogP contribution < -0.4 is 11.1 Å². The average Bonchev–Trinajstić information content (AvgIpc) is 2.48. The van der Waals surface area contributed by atoms with Gasteiger partial charge in [-0.25, -0.2) is 18.7 Å². The average molecular weight is 321 g/mol. The van der Waals surface area contributed by atoms with Crippen LogP contribution in [-0.4, -0.2) is 21.6 Å². The summed E-state index contributed by atoms with van der Waals surface area (Å²) in [6, 6.07) is 4.66. The summed E-state index contributed by atoms with van der Waals surface area (Å²) in [7, 11) is 0. The van der Waals surface area contributed by atoms with Gasteiger partial charge in [-0.1, -0.05) is 11.8 Å². The number of hydrogen-bond acceptors (Lipinski definition) is 6. The topological polar surface area (TPSA) is 105 Å². The number of nitrogens with zero attached hydrogens (tertiary/aromatic N) is 3. The third-order valence-electron chi connectivity index (χ3n) is 2.45. The molecule has 22 heavy (non-hydrogen) atoms. The molecule has 0 atom stereocenters. The second-order valence-electron chi connectivity index (χ2n) is 4.02. The number of carbonyl (C=O) groups excluding carboxylic acids is 1. The van der Waals surface area contributed by atoms with Gasteiger partial charge in [0.15, 0.2) is 5.16 Å². The summed E-state index contributed by atoms with van der Waals surface area (Å²) in [5.74, 6) is -2.18. The van der Waals surface area contributed by atoms with Crippen molar-refractivity contribution in [3.05, 3.63) is 41.6 Å². The van der Waals surface area contributed by atoms with E-state index >= 15 is 0 Å². The van der Waals surface area contributed by atoms with E-state index in [9.17, 15) is 13.6 Å². The van der Waals surface area contributed by atoms with Gasteiger partial charge in [-0.15, -0.1) is 0 Å². The lowest BCUT2D eigenvalue weighted by molar-refractivity contribution is -0.113. The van der Waals surface area contributed by atoms with Gasteiger partial charge in [-0.05, 0) is 12.1 Å². The molecular weight excluding hydrogens is 312 g/mol. The van der Waals surface area contributed by atoms with Crippen molar-refractivity contribution in [1.29, 1.82) is 5.26 Å². The summed E-state index contributed by atoms with van der Waals surface area (Å²) in [4.78, 5) is 19.4. The van der Waals surface area contributed by atoms with E-state index in [4.69, 9.17) is 11.0 Å². The monoisotopic (exact) mass is 321 g/mol. The number of nitriles is 1. The highest BCUT2D eigenvalue weighted by Crippen LogP contribution is 2.18. The van der Waals surface area contributed by atoms with E-state index in [0.717, 1.165) is 23.9 Å². The van der Waals surface area contributed by atoms with Crippen LogP contribution in [0.15, 0.2) is 29.6 Å². The second kappa shape index (κ2) is 6.82. The number of aromatic nitrogens is 2. The summed E-state index contributed by atoms with van der Waals surface area (Å²) in [5, 5.41) is 11.2. The molecule has 0 saturated heterocycles. The molecule has 1 amide bonds. The molecule has 0 aliphatic carbocycles. The molecule has 2 rings (SSSR count). The molecule has 0 spiro atoms. The lowest BCUT2D eigenvalue weighted by Crippen LogP contribution is -2.15. The number of amides is 1. The van der Waals surface area contributed by atoms with E-state index in [0.29, 0.717) is 6.07 Å². The van der Waals surface area contributed by atoms with Crippen LogP contribution in [0, 0.1) is 23.0 Å². The number of hydrogen-bond donors (Lipinski definition) is 2. The largest absolute Gasteiger partial charge is 0.382 e. The Balaban J connectivity index is 1.95. The van der Waals surface area contributed by atoms with Gasteiger partial charge in [0, 0.05) is 6.07 Å². The van der Waals surface area contributed by atoms with Gasteiger partial charge in [0.2, 0.25) is 5.91 Å². The second-order valence-corrected chi connectivity index (χ2v) is 4.97. The molecule has 3 N–H and O–H groups in total. The quantitative estimate of drug-likeness (QED) is 0.658. The van der Waals surface area contributed by atoms with Crippen molar-refractivity contribution < 1.29 is 13.6 Å². The predicted octanol–water partition coefficient (Wildman–Crippen LogP) is 1.94. The lowest BCUT2D eigenvalue weighted by atomic mass is 10.3. The molecule has 112 valence electrons. The predicted molar refractivity (Wildman–Crippen MR) is 76.9 cm³/mol. The van der Waals surface area contributed by atoms with Crippen molar-refractivity contribution in [2.45, 2.75) is 5.16 Å². The number of carbonyl (C=O) groups is 1. The minimum atomic E-state index is -0.864. The van der Waals surface area contributed by atoms with E-state index in [1.54, 1.807) is 0 Å². The van der Waals surface area contributed by atoms with Crippen molar-refractivity contribution in [1.82, 2.24) is 9.97 Å². The lowest BCUT2D eigenvalue weighted by Gasteiger charge is -2.06. The molecule has 0 bridgehead atoms. The normalized spacial score (nSPS) is 10.0. The Bertz CT molecular complexity index is 763. The highest BCUT2D eigenvalue weighted by molar-refractivity contribution is 7.99. The van der Waals surface area contributed by atoms with E-state index in [2.05, 4.69) is 15.3 Å². The Morgan fingerprint density at radius 1 is 1.45 bits per heavy atom. The van der Waals surface area contributed by atoms with Gasteiger partial charge in [-0.3, -0.25) is 4.79 Å². The molecule has 1 heterocycles. The Morgan fingerprint density at radius 3 is 2.86 bits per heavy atom. The molecule has 9 heteroatoms. The van der Waals surface area contributed by atoms with Gasteiger partial charge in [0.25, 0.3) is 0 Å². The molecule has 1 aromatic heterocycles. The number of halogens is 2. The molecule has 6 nitrogen and oxygen atoms in total. The highest BCUT2D eigenvalue weighted by atomic mass is 32.2. The van der Waals surface area contributed by atoms with Crippen LogP contribution in [0.5, 0.6) is 0 Å². The third-order valence-corrected chi connectivity index (χ3v) is 3.32. The number of nitrogen functional groups attached to an aromatic ring is 1. The van der Waals surface area contributed by atoms with Crippen LogP contribution in [-0.2, 0) is 4.79 Å². The standard InChI is InChI=1S/C13H9F2N5OS/c14-8-1-2-10(9(15)3-8)19-11(21)6-22-13-18-5-7(4-16)12(17)20-13/h1-3,5H,6H2,(H,19,21)(H2,17,18,20). The zero-order valence-corrected chi connectivity index (χ0v) is 11.8. The van der Waals surface area contributed by atoms with Crippen molar-refractivity contribution in [3.8, 4) is 6.07 Å². The third kappa shape index (κ3) is 3.89. The Hall–Kier alpha value is -2.73. The van der Waals surface area contributed by atoms with Crippen LogP contribution in [0.2, 0.25) is 0 Å². The SMILES string of the molecule is N#Cc1cnc(SCC(=O)Nc2ccc(F)cc2F)nc1N. The minimum absolute atomic E-state index is 0.0185. The minimum Gasteiger partial charge on any atom is -0.382 e. The molecule has 0 radical (unpaired) electrons. The Morgan fingerprint density at radius 2 is 2.23 bits per heavy atom. The maximum Gasteiger partial charge on any atom is 0.234 e. The number of rotatable bonds is 4. The molecule has 1 aromatic carbocycles. The van der Waals surface area contributed by atoms with Crippen molar-refractivity contribution >= 4 is 29.2 Å². The van der Waals surface area contributed by atoms with Crippen molar-refractivity contribution in [3.63, 3.8) is 0 Å². The molecule has 2 aromatic rings. The number of nitrogens with one attached hydrogen (secondary N) is 1. The molecule has 0 saturated carbocycles. The Labute approximate surface area is 128 Å². The number of thioether (sulfide) groups is 1. The van der Waals surface area contributed by atoms with Crippen LogP contribution in [0.1, 0.15) is 5.56 Å². The first kappa shape index (κ1) is 15.7. The molecule has 0 unspecified atom stereocenters. The van der Waals surface area contributed by atoms with Crippen LogP contribution in [0.3, 0.4) is 0 Å². The van der Waals surface area contributed by atoms with Crippen molar-refractivity contribution in [2.24, 2.45) is 0 Å².